The monoisotopic (exact) mass is 516 g/mol. The van der Waals surface area contributed by atoms with Gasteiger partial charge in [0.1, 0.15) is 12.4 Å². The normalized spacial score (nSPS) is 18.4. The summed E-state index contributed by atoms with van der Waals surface area (Å²) in [5.41, 5.74) is 1.21. The lowest BCUT2D eigenvalue weighted by Crippen LogP contribution is -2.49. The fourth-order valence-electron chi connectivity index (χ4n) is 5.08. The molecule has 0 amide bonds. The highest BCUT2D eigenvalue weighted by Gasteiger charge is 2.48. The average Bonchev–Trinajstić information content (AvgIpc) is 3.41. The molecule has 37 heavy (non-hydrogen) atoms. The number of sulfone groups is 1. The van der Waals surface area contributed by atoms with E-state index in [1.165, 1.54) is 6.20 Å². The number of hydrogen-bond acceptors (Lipinski definition) is 6. The molecule has 0 aliphatic heterocycles. The second kappa shape index (κ2) is 10.0. The molecule has 1 N–H and O–H groups in total. The third kappa shape index (κ3) is 4.64. The summed E-state index contributed by atoms with van der Waals surface area (Å²) >= 11 is 0. The van der Waals surface area contributed by atoms with E-state index in [0.717, 1.165) is 5.56 Å². The standard InChI is InChI=1S/C29H28N2O5S/c1-21(22-9-4-2-5-10-22)36-29(31-18-17-30-27(31)19-32)16-15-25-23(11-8-14-26(25)28(29)33)20-37(34,35)24-12-6-3-7-13-24/h2-14,17-18,21,32H,15-16,19-20H2,1H3. The summed E-state index contributed by atoms with van der Waals surface area (Å²) in [6, 6.07) is 23.1. The van der Waals surface area contributed by atoms with E-state index in [1.54, 1.807) is 59.3 Å². The van der Waals surface area contributed by atoms with Crippen molar-refractivity contribution in [2.24, 2.45) is 0 Å². The van der Waals surface area contributed by atoms with Gasteiger partial charge in [0.2, 0.25) is 11.5 Å². The Morgan fingerprint density at radius 1 is 1.03 bits per heavy atom. The Balaban J connectivity index is 1.56. The third-order valence-corrected chi connectivity index (χ3v) is 8.60. The summed E-state index contributed by atoms with van der Waals surface area (Å²) in [5.74, 6) is -0.169. The van der Waals surface area contributed by atoms with E-state index in [4.69, 9.17) is 4.74 Å². The molecule has 8 heteroatoms. The topological polar surface area (TPSA) is 98.5 Å². The van der Waals surface area contributed by atoms with Crippen LogP contribution in [-0.2, 0) is 39.1 Å². The lowest BCUT2D eigenvalue weighted by atomic mass is 9.81. The molecule has 0 saturated carbocycles. The largest absolute Gasteiger partial charge is 0.388 e. The van der Waals surface area contributed by atoms with Gasteiger partial charge in [-0.1, -0.05) is 66.7 Å². The first-order valence-electron chi connectivity index (χ1n) is 12.2. The molecule has 0 spiro atoms. The molecule has 0 saturated heterocycles. The highest BCUT2D eigenvalue weighted by atomic mass is 32.2. The van der Waals surface area contributed by atoms with E-state index in [2.05, 4.69) is 4.98 Å². The molecule has 1 heterocycles. The molecule has 5 rings (SSSR count). The van der Waals surface area contributed by atoms with Gasteiger partial charge in [-0.3, -0.25) is 9.36 Å². The second-order valence-corrected chi connectivity index (χ2v) is 11.2. The maximum atomic E-state index is 14.3. The number of benzene rings is 3. The van der Waals surface area contributed by atoms with Gasteiger partial charge in [-0.05, 0) is 42.2 Å². The number of aromatic nitrogens is 2. The molecule has 7 nitrogen and oxygen atoms in total. The highest BCUT2D eigenvalue weighted by molar-refractivity contribution is 7.90. The summed E-state index contributed by atoms with van der Waals surface area (Å²) < 4.78 is 34.4. The number of ether oxygens (including phenoxy) is 1. The van der Waals surface area contributed by atoms with Crippen LogP contribution >= 0.6 is 0 Å². The van der Waals surface area contributed by atoms with Gasteiger partial charge in [0, 0.05) is 24.4 Å². The van der Waals surface area contributed by atoms with Gasteiger partial charge in [-0.2, -0.15) is 0 Å². The Morgan fingerprint density at radius 2 is 1.73 bits per heavy atom. The van der Waals surface area contributed by atoms with E-state index < -0.39 is 21.7 Å². The summed E-state index contributed by atoms with van der Waals surface area (Å²) in [4.78, 5) is 18.7. The van der Waals surface area contributed by atoms with Crippen LogP contribution in [0.4, 0.5) is 0 Å². The lowest BCUT2D eigenvalue weighted by Gasteiger charge is -2.40. The zero-order chi connectivity index (χ0) is 26.0. The van der Waals surface area contributed by atoms with Gasteiger partial charge in [0.15, 0.2) is 9.84 Å². The van der Waals surface area contributed by atoms with Gasteiger partial charge in [0.25, 0.3) is 0 Å². The van der Waals surface area contributed by atoms with Crippen molar-refractivity contribution in [2.75, 3.05) is 0 Å². The minimum absolute atomic E-state index is 0.200. The van der Waals surface area contributed by atoms with Gasteiger partial charge >= 0.3 is 0 Å². The number of Topliss-reactive ketones (excluding diaryl/α,β-unsaturated/α-hetero) is 1. The third-order valence-electron chi connectivity index (χ3n) is 6.92. The molecule has 190 valence electrons. The van der Waals surface area contributed by atoms with Crippen LogP contribution in [-0.4, -0.2) is 28.9 Å². The average molecular weight is 517 g/mol. The fraction of sp³-hybridized carbons (Fsp3) is 0.241. The van der Waals surface area contributed by atoms with E-state index in [1.807, 2.05) is 37.3 Å². The summed E-state index contributed by atoms with van der Waals surface area (Å²) in [6.45, 7) is 1.53. The van der Waals surface area contributed by atoms with Gasteiger partial charge in [0.05, 0.1) is 16.8 Å². The number of carbonyl (C=O) groups is 1. The molecule has 0 radical (unpaired) electrons. The number of carbonyl (C=O) groups excluding carboxylic acids is 1. The molecular formula is C29H28N2O5S. The molecule has 1 aromatic heterocycles. The molecule has 3 aromatic carbocycles. The Bertz CT molecular complexity index is 1520. The first kappa shape index (κ1) is 25.1. The molecule has 1 aliphatic rings. The van der Waals surface area contributed by atoms with Crippen molar-refractivity contribution in [3.63, 3.8) is 0 Å². The van der Waals surface area contributed by atoms with E-state index in [9.17, 15) is 18.3 Å². The van der Waals surface area contributed by atoms with Crippen LogP contribution in [0.3, 0.4) is 0 Å². The summed E-state index contributed by atoms with van der Waals surface area (Å²) in [7, 11) is -3.59. The van der Waals surface area contributed by atoms with Crippen molar-refractivity contribution in [1.29, 1.82) is 0 Å². The van der Waals surface area contributed by atoms with Crippen molar-refractivity contribution in [1.82, 2.24) is 9.55 Å². The Labute approximate surface area is 216 Å². The number of nitrogens with zero attached hydrogens (tertiary/aromatic N) is 2. The van der Waals surface area contributed by atoms with Crippen LogP contribution in [0.5, 0.6) is 0 Å². The smallest absolute Gasteiger partial charge is 0.216 e. The van der Waals surface area contributed by atoms with Crippen molar-refractivity contribution >= 4 is 15.6 Å². The molecule has 1 aliphatic carbocycles. The van der Waals surface area contributed by atoms with E-state index in [-0.39, 0.29) is 29.5 Å². The van der Waals surface area contributed by atoms with Crippen molar-refractivity contribution in [3.05, 3.63) is 119 Å². The van der Waals surface area contributed by atoms with Crippen LogP contribution in [0.25, 0.3) is 0 Å². The second-order valence-electron chi connectivity index (χ2n) is 9.17. The number of aliphatic hydroxyl groups is 1. The van der Waals surface area contributed by atoms with Crippen LogP contribution in [0.1, 0.15) is 52.3 Å². The summed E-state index contributed by atoms with van der Waals surface area (Å²) in [6.07, 6.45) is 3.45. The van der Waals surface area contributed by atoms with Crippen LogP contribution < -0.4 is 0 Å². The van der Waals surface area contributed by atoms with Crippen molar-refractivity contribution in [3.8, 4) is 0 Å². The quantitative estimate of drug-likeness (QED) is 0.367. The number of fused-ring (bicyclic) bond motifs is 1. The first-order chi connectivity index (χ1) is 17.9. The maximum absolute atomic E-state index is 14.3. The number of hydrogen-bond donors (Lipinski definition) is 1. The predicted molar refractivity (Wildman–Crippen MR) is 138 cm³/mol. The molecule has 2 unspecified atom stereocenters. The zero-order valence-electron chi connectivity index (χ0n) is 20.4. The van der Waals surface area contributed by atoms with Crippen LogP contribution in [0, 0.1) is 0 Å². The number of imidazole rings is 1. The van der Waals surface area contributed by atoms with Crippen LogP contribution in [0.15, 0.2) is 96.2 Å². The SMILES string of the molecule is CC(OC1(n2ccnc2CO)CCc2c(CS(=O)(=O)c3ccccc3)cccc2C1=O)c1ccccc1. The molecule has 2 atom stereocenters. The number of rotatable bonds is 8. The van der Waals surface area contributed by atoms with Gasteiger partial charge < -0.3 is 9.84 Å². The minimum Gasteiger partial charge on any atom is -0.388 e. The molecule has 0 fully saturated rings. The molecular weight excluding hydrogens is 488 g/mol. The Morgan fingerprint density at radius 3 is 2.43 bits per heavy atom. The predicted octanol–water partition coefficient (Wildman–Crippen LogP) is 4.61. The highest BCUT2D eigenvalue weighted by Crippen LogP contribution is 2.41. The summed E-state index contributed by atoms with van der Waals surface area (Å²) in [5, 5.41) is 9.95. The van der Waals surface area contributed by atoms with Crippen molar-refractivity contribution in [2.45, 2.75) is 48.8 Å². The minimum atomic E-state index is -3.59. The van der Waals surface area contributed by atoms with Gasteiger partial charge in [-0.15, -0.1) is 0 Å². The Hall–Kier alpha value is -3.59. The number of aliphatic hydroxyl groups excluding tert-OH is 1. The fourth-order valence-corrected chi connectivity index (χ4v) is 6.49. The zero-order valence-corrected chi connectivity index (χ0v) is 21.3. The van der Waals surface area contributed by atoms with E-state index >= 15 is 0 Å². The number of ketones is 1. The van der Waals surface area contributed by atoms with E-state index in [0.29, 0.717) is 28.9 Å². The first-order valence-corrected chi connectivity index (χ1v) is 13.8. The Kier molecular flexibility index (Phi) is 6.81. The lowest BCUT2D eigenvalue weighted by molar-refractivity contribution is -0.122. The van der Waals surface area contributed by atoms with Crippen molar-refractivity contribution < 1.29 is 23.1 Å². The molecule has 4 aromatic rings. The van der Waals surface area contributed by atoms with Gasteiger partial charge in [-0.25, -0.2) is 13.4 Å². The maximum Gasteiger partial charge on any atom is 0.216 e. The molecule has 0 bridgehead atoms. The van der Waals surface area contributed by atoms with Crippen LogP contribution in [0.2, 0.25) is 0 Å².